The van der Waals surface area contributed by atoms with Gasteiger partial charge in [-0.1, -0.05) is 6.42 Å². The van der Waals surface area contributed by atoms with Gasteiger partial charge < -0.3 is 9.84 Å². The molecule has 0 saturated heterocycles. The fourth-order valence-electron chi connectivity index (χ4n) is 2.42. The zero-order valence-corrected chi connectivity index (χ0v) is 11.7. The number of aliphatic hydroxyl groups excluding tert-OH is 1. The first-order valence-electron chi connectivity index (χ1n) is 7.12. The van der Waals surface area contributed by atoms with Crippen LogP contribution in [-0.2, 0) is 29.0 Å². The molecule has 0 amide bonds. The van der Waals surface area contributed by atoms with Gasteiger partial charge in [-0.2, -0.15) is 5.10 Å². The van der Waals surface area contributed by atoms with E-state index in [1.165, 1.54) is 4.68 Å². The van der Waals surface area contributed by atoms with E-state index in [0.29, 0.717) is 6.54 Å². The van der Waals surface area contributed by atoms with E-state index in [0.717, 1.165) is 31.5 Å². The van der Waals surface area contributed by atoms with Crippen LogP contribution in [0, 0.1) is 0 Å². The number of carbonyl (C=O) groups excluding carboxylic acids is 1. The van der Waals surface area contributed by atoms with E-state index in [9.17, 15) is 14.7 Å². The van der Waals surface area contributed by atoms with Crippen LogP contribution in [0.25, 0.3) is 0 Å². The lowest BCUT2D eigenvalue weighted by Crippen LogP contribution is -2.30. The second-order valence-electron chi connectivity index (χ2n) is 5.01. The van der Waals surface area contributed by atoms with Crippen molar-refractivity contribution in [2.45, 2.75) is 58.2 Å². The third-order valence-electron chi connectivity index (χ3n) is 3.37. The fraction of sp³-hybridized carbons (Fsp3) is 0.769. The van der Waals surface area contributed by atoms with Gasteiger partial charge in [0.05, 0.1) is 25.7 Å². The zero-order valence-electron chi connectivity index (χ0n) is 11.7. The van der Waals surface area contributed by atoms with Crippen molar-refractivity contribution in [3.8, 4) is 0 Å². The summed E-state index contributed by atoms with van der Waals surface area (Å²) >= 11 is 0. The van der Waals surface area contributed by atoms with E-state index in [1.54, 1.807) is 11.5 Å². The van der Waals surface area contributed by atoms with E-state index in [-0.39, 0.29) is 25.3 Å². The number of ether oxygens (including phenoxy) is 1. The molecule has 0 spiro atoms. The number of aliphatic hydroxyl groups is 1. The van der Waals surface area contributed by atoms with Crippen molar-refractivity contribution in [3.05, 3.63) is 16.3 Å². The molecule has 1 aliphatic rings. The summed E-state index contributed by atoms with van der Waals surface area (Å²) in [6.07, 6.45) is 2.82. The van der Waals surface area contributed by atoms with E-state index >= 15 is 0 Å². The lowest BCUT2D eigenvalue weighted by atomic mass is 10.2. The molecule has 1 aromatic rings. The minimum Gasteiger partial charge on any atom is -0.466 e. The zero-order chi connectivity index (χ0) is 14.5. The SMILES string of the molecule is CCOC(=O)CC(O)Cn1nc2n(c1=O)CCCCC2. The van der Waals surface area contributed by atoms with Crippen LogP contribution in [0.3, 0.4) is 0 Å². The maximum atomic E-state index is 12.1. The molecule has 2 rings (SSSR count). The Labute approximate surface area is 117 Å². The molecule has 1 atom stereocenters. The van der Waals surface area contributed by atoms with Gasteiger partial charge in [-0.3, -0.25) is 9.36 Å². The van der Waals surface area contributed by atoms with Gasteiger partial charge in [-0.05, 0) is 19.8 Å². The van der Waals surface area contributed by atoms with Gasteiger partial charge >= 0.3 is 11.7 Å². The molecular weight excluding hydrogens is 262 g/mol. The predicted molar refractivity (Wildman–Crippen MR) is 71.3 cm³/mol. The molecule has 1 unspecified atom stereocenters. The molecule has 2 heterocycles. The van der Waals surface area contributed by atoms with Crippen molar-refractivity contribution >= 4 is 5.97 Å². The minimum atomic E-state index is -0.953. The van der Waals surface area contributed by atoms with E-state index in [4.69, 9.17) is 4.74 Å². The Morgan fingerprint density at radius 1 is 1.45 bits per heavy atom. The van der Waals surface area contributed by atoms with Crippen molar-refractivity contribution < 1.29 is 14.6 Å². The summed E-state index contributed by atoms with van der Waals surface area (Å²) in [7, 11) is 0. The van der Waals surface area contributed by atoms with Crippen molar-refractivity contribution in [3.63, 3.8) is 0 Å². The third kappa shape index (κ3) is 3.47. The average molecular weight is 283 g/mol. The maximum absolute atomic E-state index is 12.1. The fourth-order valence-corrected chi connectivity index (χ4v) is 2.42. The Bertz CT molecular complexity index is 520. The van der Waals surface area contributed by atoms with Gasteiger partial charge in [0.2, 0.25) is 0 Å². The number of hydrogen-bond donors (Lipinski definition) is 1. The highest BCUT2D eigenvalue weighted by Gasteiger charge is 2.19. The molecule has 7 nitrogen and oxygen atoms in total. The molecule has 0 radical (unpaired) electrons. The van der Waals surface area contributed by atoms with Gasteiger partial charge in [-0.25, -0.2) is 9.48 Å². The summed E-state index contributed by atoms with van der Waals surface area (Å²) in [4.78, 5) is 23.4. The van der Waals surface area contributed by atoms with Crippen LogP contribution in [0.1, 0.15) is 38.4 Å². The molecule has 0 bridgehead atoms. The molecule has 7 heteroatoms. The number of nitrogens with zero attached hydrogens (tertiary/aromatic N) is 3. The smallest absolute Gasteiger partial charge is 0.346 e. The van der Waals surface area contributed by atoms with Crippen LogP contribution in [0.2, 0.25) is 0 Å². The number of fused-ring (bicyclic) bond motifs is 1. The first-order valence-corrected chi connectivity index (χ1v) is 7.12. The van der Waals surface area contributed by atoms with Gasteiger partial charge in [0.1, 0.15) is 5.82 Å². The summed E-state index contributed by atoms with van der Waals surface area (Å²) in [5.41, 5.74) is -0.204. The Hall–Kier alpha value is -1.63. The molecular formula is C13H21N3O4. The molecule has 0 saturated carbocycles. The number of esters is 1. The van der Waals surface area contributed by atoms with Crippen molar-refractivity contribution in [1.29, 1.82) is 0 Å². The number of aromatic nitrogens is 3. The number of carbonyl (C=O) groups is 1. The van der Waals surface area contributed by atoms with Crippen LogP contribution in [0.4, 0.5) is 0 Å². The van der Waals surface area contributed by atoms with E-state index < -0.39 is 12.1 Å². The van der Waals surface area contributed by atoms with Gasteiger partial charge in [-0.15, -0.1) is 0 Å². The first-order chi connectivity index (χ1) is 9.61. The molecule has 0 fully saturated rings. The predicted octanol–water partition coefficient (Wildman–Crippen LogP) is 0.0853. The standard InChI is InChI=1S/C13H21N3O4/c1-2-20-12(18)8-10(17)9-16-13(19)15-7-5-3-4-6-11(15)14-16/h10,17H,2-9H2,1H3. The summed E-state index contributed by atoms with van der Waals surface area (Å²) in [5, 5.41) is 14.1. The van der Waals surface area contributed by atoms with E-state index in [1.807, 2.05) is 0 Å². The van der Waals surface area contributed by atoms with Crippen molar-refractivity contribution in [2.75, 3.05) is 6.61 Å². The quantitative estimate of drug-likeness (QED) is 0.774. The topological polar surface area (TPSA) is 86.3 Å². The van der Waals surface area contributed by atoms with Crippen molar-refractivity contribution in [2.24, 2.45) is 0 Å². The molecule has 1 aromatic heterocycles. The highest BCUT2D eigenvalue weighted by molar-refractivity contribution is 5.69. The Balaban J connectivity index is 2.03. The number of aryl methyl sites for hydroxylation is 1. The highest BCUT2D eigenvalue weighted by Crippen LogP contribution is 2.10. The van der Waals surface area contributed by atoms with Gasteiger partial charge in [0, 0.05) is 13.0 Å². The molecule has 1 N–H and O–H groups in total. The number of hydrogen-bond acceptors (Lipinski definition) is 5. The lowest BCUT2D eigenvalue weighted by molar-refractivity contribution is -0.145. The first kappa shape index (κ1) is 14.8. The third-order valence-corrected chi connectivity index (χ3v) is 3.37. The molecule has 112 valence electrons. The molecule has 20 heavy (non-hydrogen) atoms. The Morgan fingerprint density at radius 3 is 3.00 bits per heavy atom. The Kier molecular flexibility index (Phi) is 4.94. The monoisotopic (exact) mass is 283 g/mol. The van der Waals surface area contributed by atoms with Gasteiger partial charge in [0.25, 0.3) is 0 Å². The molecule has 0 aliphatic carbocycles. The second-order valence-corrected chi connectivity index (χ2v) is 5.01. The lowest BCUT2D eigenvalue weighted by Gasteiger charge is -2.09. The van der Waals surface area contributed by atoms with Gasteiger partial charge in [0.15, 0.2) is 0 Å². The summed E-state index contributed by atoms with van der Waals surface area (Å²) in [6, 6.07) is 0. The largest absolute Gasteiger partial charge is 0.466 e. The van der Waals surface area contributed by atoms with E-state index in [2.05, 4.69) is 5.10 Å². The maximum Gasteiger partial charge on any atom is 0.346 e. The minimum absolute atomic E-state index is 0.0254. The highest BCUT2D eigenvalue weighted by atomic mass is 16.5. The van der Waals surface area contributed by atoms with Crippen LogP contribution < -0.4 is 5.69 Å². The van der Waals surface area contributed by atoms with Crippen LogP contribution in [0.5, 0.6) is 0 Å². The second kappa shape index (κ2) is 6.69. The Morgan fingerprint density at radius 2 is 2.25 bits per heavy atom. The molecule has 0 aromatic carbocycles. The average Bonchev–Trinajstić information content (AvgIpc) is 2.58. The summed E-state index contributed by atoms with van der Waals surface area (Å²) in [5.74, 6) is 0.310. The normalized spacial score (nSPS) is 16.3. The molecule has 1 aliphatic heterocycles. The summed E-state index contributed by atoms with van der Waals surface area (Å²) in [6.45, 7) is 2.70. The summed E-state index contributed by atoms with van der Waals surface area (Å²) < 4.78 is 7.69. The van der Waals surface area contributed by atoms with Crippen molar-refractivity contribution in [1.82, 2.24) is 14.3 Å². The van der Waals surface area contributed by atoms with Crippen LogP contribution in [0.15, 0.2) is 4.79 Å². The van der Waals surface area contributed by atoms with Crippen LogP contribution in [-0.4, -0.2) is 38.1 Å². The van der Waals surface area contributed by atoms with Crippen LogP contribution >= 0.6 is 0 Å². The number of rotatable bonds is 5.